The molecule has 0 atom stereocenters. The molecule has 1 fully saturated rings. The summed E-state index contributed by atoms with van der Waals surface area (Å²) < 4.78 is 26.7. The second-order valence-corrected chi connectivity index (χ2v) is 6.51. The Morgan fingerprint density at radius 2 is 2.12 bits per heavy atom. The normalized spacial score (nSPS) is 17.8. The van der Waals surface area contributed by atoms with Crippen LogP contribution < -0.4 is 10.0 Å². The minimum absolute atomic E-state index is 0.0922. The summed E-state index contributed by atoms with van der Waals surface area (Å²) in [6, 6.07) is 1.40. The van der Waals surface area contributed by atoms with Gasteiger partial charge in [-0.3, -0.25) is 0 Å². The predicted octanol–water partition coefficient (Wildman–Crippen LogP) is 1.61. The third kappa shape index (κ3) is 2.70. The van der Waals surface area contributed by atoms with Gasteiger partial charge < -0.3 is 5.32 Å². The van der Waals surface area contributed by atoms with Crippen LogP contribution in [0.4, 0.5) is 5.82 Å². The quantitative estimate of drug-likeness (QED) is 0.876. The zero-order valence-electron chi connectivity index (χ0n) is 9.62. The Morgan fingerprint density at radius 3 is 2.59 bits per heavy atom. The zero-order chi connectivity index (χ0) is 12.7. The molecule has 0 aromatic carbocycles. The molecule has 5 nitrogen and oxygen atoms in total. The van der Waals surface area contributed by atoms with E-state index in [0.29, 0.717) is 5.82 Å². The van der Waals surface area contributed by atoms with Crippen LogP contribution in [0.3, 0.4) is 0 Å². The molecule has 1 aliphatic carbocycles. The number of hydrogen-bond acceptors (Lipinski definition) is 4. The Hall–Kier alpha value is -0.850. The van der Waals surface area contributed by atoms with E-state index in [1.165, 1.54) is 12.3 Å². The Labute approximate surface area is 106 Å². The molecular formula is C10H14ClN3O2S. The third-order valence-electron chi connectivity index (χ3n) is 2.74. The van der Waals surface area contributed by atoms with Gasteiger partial charge in [-0.05, 0) is 25.8 Å². The average molecular weight is 276 g/mol. The van der Waals surface area contributed by atoms with Crippen molar-refractivity contribution in [3.05, 3.63) is 17.3 Å². The fourth-order valence-corrected chi connectivity index (χ4v) is 3.18. The first-order chi connectivity index (χ1) is 7.86. The Balaban J connectivity index is 2.30. The van der Waals surface area contributed by atoms with Crippen molar-refractivity contribution in [1.82, 2.24) is 9.71 Å². The number of nitrogens with zero attached hydrogens (tertiary/aromatic N) is 1. The summed E-state index contributed by atoms with van der Waals surface area (Å²) >= 11 is 5.91. The van der Waals surface area contributed by atoms with Gasteiger partial charge in [0.1, 0.15) is 10.7 Å². The maximum atomic E-state index is 12.0. The van der Waals surface area contributed by atoms with Gasteiger partial charge in [0, 0.05) is 18.8 Å². The van der Waals surface area contributed by atoms with Crippen LogP contribution >= 0.6 is 11.6 Å². The molecule has 0 spiro atoms. The van der Waals surface area contributed by atoms with E-state index in [-0.39, 0.29) is 15.5 Å². The summed E-state index contributed by atoms with van der Waals surface area (Å²) in [5.41, 5.74) is -0.299. The molecule has 1 aromatic heterocycles. The van der Waals surface area contributed by atoms with Crippen molar-refractivity contribution >= 4 is 27.4 Å². The molecule has 0 bridgehead atoms. The molecule has 0 aliphatic heterocycles. The van der Waals surface area contributed by atoms with Crippen LogP contribution in [-0.4, -0.2) is 26.0 Å². The Kier molecular flexibility index (Phi) is 3.05. The van der Waals surface area contributed by atoms with E-state index >= 15 is 0 Å². The SMILES string of the molecule is CNc1ncc(S(=O)(=O)NC2(C)CC2)cc1Cl. The van der Waals surface area contributed by atoms with Gasteiger partial charge in [0.2, 0.25) is 10.0 Å². The summed E-state index contributed by atoms with van der Waals surface area (Å²) in [7, 11) is -1.86. The molecule has 1 aliphatic rings. The summed E-state index contributed by atoms with van der Waals surface area (Å²) in [6.45, 7) is 1.88. The number of halogens is 1. The predicted molar refractivity (Wildman–Crippen MR) is 66.8 cm³/mol. The number of aromatic nitrogens is 1. The molecule has 0 radical (unpaired) electrons. The monoisotopic (exact) mass is 275 g/mol. The van der Waals surface area contributed by atoms with Gasteiger partial charge in [-0.2, -0.15) is 0 Å². The number of sulfonamides is 1. The van der Waals surface area contributed by atoms with E-state index in [0.717, 1.165) is 12.8 Å². The first-order valence-corrected chi connectivity index (χ1v) is 7.10. The van der Waals surface area contributed by atoms with Crippen molar-refractivity contribution < 1.29 is 8.42 Å². The van der Waals surface area contributed by atoms with Crippen molar-refractivity contribution in [3.63, 3.8) is 0 Å². The third-order valence-corrected chi connectivity index (χ3v) is 4.64. The van der Waals surface area contributed by atoms with Crippen molar-refractivity contribution in [2.24, 2.45) is 0 Å². The fourth-order valence-electron chi connectivity index (χ4n) is 1.42. The van der Waals surface area contributed by atoms with Crippen molar-refractivity contribution in [2.45, 2.75) is 30.2 Å². The zero-order valence-corrected chi connectivity index (χ0v) is 11.2. The lowest BCUT2D eigenvalue weighted by Gasteiger charge is -2.12. The van der Waals surface area contributed by atoms with Crippen LogP contribution in [0, 0.1) is 0 Å². The standard InChI is InChI=1S/C10H14ClN3O2S/c1-10(3-4-10)14-17(15,16)7-5-8(11)9(12-2)13-6-7/h5-6,14H,3-4H2,1-2H3,(H,12,13). The van der Waals surface area contributed by atoms with Crippen LogP contribution in [0.5, 0.6) is 0 Å². The molecule has 94 valence electrons. The maximum Gasteiger partial charge on any atom is 0.242 e. The van der Waals surface area contributed by atoms with Gasteiger partial charge in [-0.25, -0.2) is 18.1 Å². The molecule has 17 heavy (non-hydrogen) atoms. The average Bonchev–Trinajstić information content (AvgIpc) is 2.94. The van der Waals surface area contributed by atoms with Crippen LogP contribution in [0.1, 0.15) is 19.8 Å². The van der Waals surface area contributed by atoms with Crippen LogP contribution in [0.15, 0.2) is 17.2 Å². The molecule has 1 heterocycles. The molecule has 0 unspecified atom stereocenters. The highest BCUT2D eigenvalue weighted by Gasteiger charge is 2.41. The number of anilines is 1. The minimum atomic E-state index is -3.53. The number of pyridine rings is 1. The highest BCUT2D eigenvalue weighted by Crippen LogP contribution is 2.36. The molecule has 0 saturated heterocycles. The van der Waals surface area contributed by atoms with E-state index < -0.39 is 10.0 Å². The first kappa shape index (κ1) is 12.6. The van der Waals surface area contributed by atoms with Gasteiger partial charge >= 0.3 is 0 Å². The lowest BCUT2D eigenvalue weighted by molar-refractivity contribution is 0.557. The molecule has 1 aromatic rings. The highest BCUT2D eigenvalue weighted by molar-refractivity contribution is 7.89. The van der Waals surface area contributed by atoms with Gasteiger partial charge in [0.05, 0.1) is 5.02 Å². The molecule has 7 heteroatoms. The van der Waals surface area contributed by atoms with Crippen molar-refractivity contribution in [3.8, 4) is 0 Å². The van der Waals surface area contributed by atoms with Crippen LogP contribution in [0.2, 0.25) is 5.02 Å². The van der Waals surface area contributed by atoms with Gasteiger partial charge in [0.15, 0.2) is 0 Å². The topological polar surface area (TPSA) is 71.1 Å². The molecule has 0 amide bonds. The van der Waals surface area contributed by atoms with E-state index in [1.54, 1.807) is 7.05 Å². The first-order valence-electron chi connectivity index (χ1n) is 5.24. The summed E-state index contributed by atoms with van der Waals surface area (Å²) in [5.74, 6) is 0.461. The number of hydrogen-bond donors (Lipinski definition) is 2. The number of rotatable bonds is 4. The van der Waals surface area contributed by atoms with Crippen LogP contribution in [-0.2, 0) is 10.0 Å². The minimum Gasteiger partial charge on any atom is -0.372 e. The van der Waals surface area contributed by atoms with Crippen LogP contribution in [0.25, 0.3) is 0 Å². The van der Waals surface area contributed by atoms with E-state index in [9.17, 15) is 8.42 Å². The molecule has 2 N–H and O–H groups in total. The molecule has 2 rings (SSSR count). The Morgan fingerprint density at radius 1 is 1.47 bits per heavy atom. The summed E-state index contributed by atoms with van der Waals surface area (Å²) in [4.78, 5) is 4.04. The maximum absolute atomic E-state index is 12.0. The highest BCUT2D eigenvalue weighted by atomic mass is 35.5. The summed E-state index contributed by atoms with van der Waals surface area (Å²) in [6.07, 6.45) is 3.02. The van der Waals surface area contributed by atoms with Gasteiger partial charge in [-0.15, -0.1) is 0 Å². The number of nitrogens with one attached hydrogen (secondary N) is 2. The summed E-state index contributed by atoms with van der Waals surface area (Å²) in [5, 5.41) is 3.06. The smallest absolute Gasteiger partial charge is 0.242 e. The van der Waals surface area contributed by atoms with E-state index in [4.69, 9.17) is 11.6 Å². The fraction of sp³-hybridized carbons (Fsp3) is 0.500. The van der Waals surface area contributed by atoms with Gasteiger partial charge in [0.25, 0.3) is 0 Å². The lowest BCUT2D eigenvalue weighted by atomic mass is 10.4. The van der Waals surface area contributed by atoms with Crippen molar-refractivity contribution in [2.75, 3.05) is 12.4 Å². The largest absolute Gasteiger partial charge is 0.372 e. The second kappa shape index (κ2) is 4.12. The van der Waals surface area contributed by atoms with E-state index in [1.807, 2.05) is 6.92 Å². The molecular weight excluding hydrogens is 262 g/mol. The van der Waals surface area contributed by atoms with Gasteiger partial charge in [-0.1, -0.05) is 11.6 Å². The van der Waals surface area contributed by atoms with Crippen molar-refractivity contribution in [1.29, 1.82) is 0 Å². The van der Waals surface area contributed by atoms with E-state index in [2.05, 4.69) is 15.0 Å². The molecule has 1 saturated carbocycles. The Bertz CT molecular complexity index is 540. The second-order valence-electron chi connectivity index (χ2n) is 4.42. The lowest BCUT2D eigenvalue weighted by Crippen LogP contribution is -2.34.